The second-order valence-corrected chi connectivity index (χ2v) is 5.28. The summed E-state index contributed by atoms with van der Waals surface area (Å²) < 4.78 is 15.3. The Morgan fingerprint density at radius 1 is 1.50 bits per heavy atom. The number of carbonyl (C=O) groups is 1. The summed E-state index contributed by atoms with van der Waals surface area (Å²) in [5.41, 5.74) is 2.54. The molecule has 0 atom stereocenters. The van der Waals surface area contributed by atoms with Crippen LogP contribution < -0.4 is 0 Å². The number of thioether (sulfide) groups is 1. The zero-order valence-electron chi connectivity index (χ0n) is 11.3. The van der Waals surface area contributed by atoms with Crippen LogP contribution in [0.5, 0.6) is 0 Å². The maximum absolute atomic E-state index is 13.5. The molecule has 0 aliphatic carbocycles. The lowest BCUT2D eigenvalue weighted by Gasteiger charge is -2.13. The van der Waals surface area contributed by atoms with Crippen molar-refractivity contribution in [3.63, 3.8) is 0 Å². The molecule has 20 heavy (non-hydrogen) atoms. The second-order valence-electron chi connectivity index (χ2n) is 4.33. The van der Waals surface area contributed by atoms with Crippen LogP contribution in [-0.2, 0) is 11.2 Å². The van der Waals surface area contributed by atoms with Gasteiger partial charge in [0, 0.05) is 11.9 Å². The monoisotopic (exact) mass is 294 g/mol. The molecule has 0 radical (unpaired) electrons. The number of benzene rings is 1. The molecule has 4 nitrogen and oxygen atoms in total. The lowest BCUT2D eigenvalue weighted by Crippen LogP contribution is -2.06. The van der Waals surface area contributed by atoms with Gasteiger partial charge in [0.1, 0.15) is 5.82 Å². The summed E-state index contributed by atoms with van der Waals surface area (Å²) in [6.07, 6.45) is 2.44. The van der Waals surface area contributed by atoms with Gasteiger partial charge in [-0.05, 0) is 31.0 Å². The SMILES string of the molecule is CCc1cnc(SCC(=O)O)n1-c1cc(F)ccc1C. The fourth-order valence-electron chi connectivity index (χ4n) is 1.93. The van der Waals surface area contributed by atoms with Crippen LogP contribution in [0.3, 0.4) is 0 Å². The van der Waals surface area contributed by atoms with Gasteiger partial charge < -0.3 is 5.11 Å². The first-order valence-electron chi connectivity index (χ1n) is 6.20. The van der Waals surface area contributed by atoms with E-state index in [0.717, 1.165) is 29.4 Å². The molecule has 0 spiro atoms. The van der Waals surface area contributed by atoms with Crippen LogP contribution in [-0.4, -0.2) is 26.4 Å². The van der Waals surface area contributed by atoms with Crippen LogP contribution in [0.15, 0.2) is 29.6 Å². The van der Waals surface area contributed by atoms with E-state index in [1.165, 1.54) is 12.1 Å². The highest BCUT2D eigenvalue weighted by molar-refractivity contribution is 7.99. The van der Waals surface area contributed by atoms with Gasteiger partial charge in [0.2, 0.25) is 0 Å². The lowest BCUT2D eigenvalue weighted by molar-refractivity contribution is -0.133. The Morgan fingerprint density at radius 3 is 2.90 bits per heavy atom. The standard InChI is InChI=1S/C14H15FN2O2S/c1-3-11-7-16-14(20-8-13(18)19)17(11)12-6-10(15)5-4-9(12)2/h4-7H,3,8H2,1-2H3,(H,18,19). The molecule has 0 saturated carbocycles. The Morgan fingerprint density at radius 2 is 2.25 bits per heavy atom. The number of aromatic nitrogens is 2. The van der Waals surface area contributed by atoms with Crippen LogP contribution >= 0.6 is 11.8 Å². The van der Waals surface area contributed by atoms with Gasteiger partial charge in [0.25, 0.3) is 0 Å². The molecule has 0 bridgehead atoms. The smallest absolute Gasteiger partial charge is 0.313 e. The molecule has 1 aromatic carbocycles. The number of imidazole rings is 1. The highest BCUT2D eigenvalue weighted by Crippen LogP contribution is 2.26. The third-order valence-electron chi connectivity index (χ3n) is 2.90. The Balaban J connectivity index is 2.50. The van der Waals surface area contributed by atoms with Crippen molar-refractivity contribution in [3.05, 3.63) is 41.5 Å². The Labute approximate surface area is 120 Å². The van der Waals surface area contributed by atoms with E-state index in [9.17, 15) is 9.18 Å². The molecule has 6 heteroatoms. The van der Waals surface area contributed by atoms with Gasteiger partial charge in [-0.3, -0.25) is 9.36 Å². The number of carboxylic acid groups (broad SMARTS) is 1. The number of aryl methyl sites for hydroxylation is 2. The van der Waals surface area contributed by atoms with Gasteiger partial charge in [0.15, 0.2) is 5.16 Å². The van der Waals surface area contributed by atoms with Crippen LogP contribution in [0.25, 0.3) is 5.69 Å². The Kier molecular flexibility index (Phi) is 4.44. The molecular formula is C14H15FN2O2S. The Bertz CT molecular complexity index is 640. The van der Waals surface area contributed by atoms with Gasteiger partial charge in [-0.25, -0.2) is 9.37 Å². The first-order valence-corrected chi connectivity index (χ1v) is 7.19. The zero-order chi connectivity index (χ0) is 14.7. The van der Waals surface area contributed by atoms with E-state index in [2.05, 4.69) is 4.98 Å². The minimum absolute atomic E-state index is 0.0749. The summed E-state index contributed by atoms with van der Waals surface area (Å²) in [5, 5.41) is 9.35. The van der Waals surface area contributed by atoms with Crippen molar-refractivity contribution in [2.45, 2.75) is 25.4 Å². The maximum Gasteiger partial charge on any atom is 0.313 e. The highest BCUT2D eigenvalue weighted by Gasteiger charge is 2.14. The van der Waals surface area contributed by atoms with Crippen LogP contribution in [0.1, 0.15) is 18.2 Å². The molecule has 0 saturated heterocycles. The van der Waals surface area contributed by atoms with Gasteiger partial charge in [-0.15, -0.1) is 0 Å². The van der Waals surface area contributed by atoms with Crippen molar-refractivity contribution >= 4 is 17.7 Å². The van der Waals surface area contributed by atoms with Gasteiger partial charge in [-0.2, -0.15) is 0 Å². The summed E-state index contributed by atoms with van der Waals surface area (Å²) in [6.45, 7) is 3.87. The minimum Gasteiger partial charge on any atom is -0.481 e. The topological polar surface area (TPSA) is 55.1 Å². The lowest BCUT2D eigenvalue weighted by atomic mass is 10.2. The number of halogens is 1. The molecule has 106 valence electrons. The Hall–Kier alpha value is -1.82. The summed E-state index contributed by atoms with van der Waals surface area (Å²) in [5.74, 6) is -1.30. The molecule has 0 unspecified atom stereocenters. The van der Waals surface area contributed by atoms with E-state index in [4.69, 9.17) is 5.11 Å². The van der Waals surface area contributed by atoms with E-state index in [1.807, 2.05) is 18.4 Å². The van der Waals surface area contributed by atoms with Crippen LogP contribution in [0.2, 0.25) is 0 Å². The predicted molar refractivity (Wildman–Crippen MR) is 76.0 cm³/mol. The molecular weight excluding hydrogens is 279 g/mol. The van der Waals surface area contributed by atoms with E-state index in [0.29, 0.717) is 10.8 Å². The van der Waals surface area contributed by atoms with Crippen molar-refractivity contribution in [1.29, 1.82) is 0 Å². The molecule has 0 fully saturated rings. The highest BCUT2D eigenvalue weighted by atomic mass is 32.2. The number of hydrogen-bond donors (Lipinski definition) is 1. The molecule has 1 heterocycles. The van der Waals surface area contributed by atoms with Crippen molar-refractivity contribution in [3.8, 4) is 5.69 Å². The average molecular weight is 294 g/mol. The molecule has 0 aliphatic rings. The van der Waals surface area contributed by atoms with Gasteiger partial charge >= 0.3 is 5.97 Å². The largest absolute Gasteiger partial charge is 0.481 e. The van der Waals surface area contributed by atoms with E-state index >= 15 is 0 Å². The molecule has 1 N–H and O–H groups in total. The van der Waals surface area contributed by atoms with Crippen LogP contribution in [0.4, 0.5) is 4.39 Å². The number of hydrogen-bond acceptors (Lipinski definition) is 3. The van der Waals surface area contributed by atoms with Crippen molar-refractivity contribution in [1.82, 2.24) is 9.55 Å². The predicted octanol–water partition coefficient (Wildman–Crippen LogP) is 3.06. The second kappa shape index (κ2) is 6.09. The first-order chi connectivity index (χ1) is 9.52. The van der Waals surface area contributed by atoms with E-state index in [-0.39, 0.29) is 11.6 Å². The molecule has 1 aromatic heterocycles. The summed E-state index contributed by atoms with van der Waals surface area (Å²) >= 11 is 1.13. The normalized spacial score (nSPS) is 10.8. The van der Waals surface area contributed by atoms with Gasteiger partial charge in [-0.1, -0.05) is 24.8 Å². The fraction of sp³-hybridized carbons (Fsp3) is 0.286. The molecule has 0 aliphatic heterocycles. The van der Waals surface area contributed by atoms with Crippen LogP contribution in [0, 0.1) is 12.7 Å². The first kappa shape index (κ1) is 14.6. The maximum atomic E-state index is 13.5. The van der Waals surface area contributed by atoms with Crippen molar-refractivity contribution < 1.29 is 14.3 Å². The third-order valence-corrected chi connectivity index (χ3v) is 3.84. The van der Waals surface area contributed by atoms with Gasteiger partial charge in [0.05, 0.1) is 11.4 Å². The number of aliphatic carboxylic acids is 1. The number of nitrogens with zero attached hydrogens (tertiary/aromatic N) is 2. The van der Waals surface area contributed by atoms with E-state index < -0.39 is 5.97 Å². The van der Waals surface area contributed by atoms with Crippen molar-refractivity contribution in [2.75, 3.05) is 5.75 Å². The number of rotatable bonds is 5. The average Bonchev–Trinajstić information content (AvgIpc) is 2.82. The minimum atomic E-state index is -0.904. The summed E-state index contributed by atoms with van der Waals surface area (Å²) in [4.78, 5) is 14.9. The fourth-order valence-corrected chi connectivity index (χ4v) is 2.65. The zero-order valence-corrected chi connectivity index (χ0v) is 12.1. The molecule has 2 rings (SSSR count). The van der Waals surface area contributed by atoms with E-state index in [1.54, 1.807) is 12.3 Å². The summed E-state index contributed by atoms with van der Waals surface area (Å²) in [6, 6.07) is 4.56. The molecule has 2 aromatic rings. The number of carboxylic acids is 1. The summed E-state index contributed by atoms with van der Waals surface area (Å²) in [7, 11) is 0. The third kappa shape index (κ3) is 3.01. The molecule has 0 amide bonds. The van der Waals surface area contributed by atoms with Crippen molar-refractivity contribution in [2.24, 2.45) is 0 Å². The quantitative estimate of drug-likeness (QED) is 0.861.